The third-order valence-corrected chi connectivity index (χ3v) is 4.54. The SMILES string of the molecule is CN(CC(=O)Nc1c(Cl)cccc1Cl)C(=O)C(C)(C)Oc1ccc(Cl)cc1. The highest BCUT2D eigenvalue weighted by Crippen LogP contribution is 2.29. The predicted molar refractivity (Wildman–Crippen MR) is 109 cm³/mol. The highest BCUT2D eigenvalue weighted by atomic mass is 35.5. The fourth-order valence-electron chi connectivity index (χ4n) is 2.38. The van der Waals surface area contributed by atoms with Crippen LogP contribution >= 0.6 is 34.8 Å². The molecule has 0 unspecified atom stereocenters. The summed E-state index contributed by atoms with van der Waals surface area (Å²) in [5.41, 5.74) is -0.867. The monoisotopic (exact) mass is 428 g/mol. The molecule has 144 valence electrons. The van der Waals surface area contributed by atoms with Crippen LogP contribution in [0.5, 0.6) is 5.75 Å². The van der Waals surface area contributed by atoms with Crippen LogP contribution in [0.4, 0.5) is 5.69 Å². The van der Waals surface area contributed by atoms with Gasteiger partial charge >= 0.3 is 0 Å². The van der Waals surface area contributed by atoms with Gasteiger partial charge in [0.15, 0.2) is 5.60 Å². The first-order chi connectivity index (χ1) is 12.6. The maximum absolute atomic E-state index is 12.7. The number of hydrogen-bond donors (Lipinski definition) is 1. The molecule has 0 heterocycles. The van der Waals surface area contributed by atoms with Gasteiger partial charge in [0.1, 0.15) is 5.75 Å². The predicted octanol–water partition coefficient (Wildman–Crippen LogP) is 4.90. The molecule has 2 aromatic carbocycles. The molecule has 2 aromatic rings. The van der Waals surface area contributed by atoms with Crippen LogP contribution in [0, 0.1) is 0 Å². The number of anilines is 1. The highest BCUT2D eigenvalue weighted by Gasteiger charge is 2.33. The molecule has 27 heavy (non-hydrogen) atoms. The van der Waals surface area contributed by atoms with Crippen molar-refractivity contribution >= 4 is 52.3 Å². The number of likely N-dealkylation sites (N-methyl/N-ethyl adjacent to an activating group) is 1. The van der Waals surface area contributed by atoms with Crippen LogP contribution in [-0.4, -0.2) is 35.9 Å². The Hall–Kier alpha value is -1.95. The zero-order chi connectivity index (χ0) is 20.2. The number of benzene rings is 2. The van der Waals surface area contributed by atoms with Crippen LogP contribution in [0.25, 0.3) is 0 Å². The summed E-state index contributed by atoms with van der Waals surface area (Å²) < 4.78 is 5.75. The fourth-order valence-corrected chi connectivity index (χ4v) is 3.00. The van der Waals surface area contributed by atoms with Crippen molar-refractivity contribution in [2.75, 3.05) is 18.9 Å². The van der Waals surface area contributed by atoms with Crippen LogP contribution in [0.1, 0.15) is 13.8 Å². The van der Waals surface area contributed by atoms with Crippen LogP contribution in [0.2, 0.25) is 15.1 Å². The summed E-state index contributed by atoms with van der Waals surface area (Å²) in [6.45, 7) is 3.07. The molecule has 0 saturated carbocycles. The van der Waals surface area contributed by atoms with E-state index >= 15 is 0 Å². The zero-order valence-corrected chi connectivity index (χ0v) is 17.3. The zero-order valence-electron chi connectivity index (χ0n) is 15.1. The van der Waals surface area contributed by atoms with Crippen molar-refractivity contribution < 1.29 is 14.3 Å². The Morgan fingerprint density at radius 2 is 1.59 bits per heavy atom. The molecule has 0 radical (unpaired) electrons. The van der Waals surface area contributed by atoms with Gasteiger partial charge in [-0.2, -0.15) is 0 Å². The molecule has 5 nitrogen and oxygen atoms in total. The lowest BCUT2D eigenvalue weighted by molar-refractivity contribution is -0.145. The number of carbonyl (C=O) groups is 2. The second-order valence-corrected chi connectivity index (χ2v) is 7.62. The van der Waals surface area contributed by atoms with E-state index in [1.54, 1.807) is 56.3 Å². The van der Waals surface area contributed by atoms with E-state index in [-0.39, 0.29) is 12.5 Å². The van der Waals surface area contributed by atoms with Gasteiger partial charge in [-0.15, -0.1) is 0 Å². The second kappa shape index (κ2) is 8.83. The third-order valence-electron chi connectivity index (χ3n) is 3.66. The van der Waals surface area contributed by atoms with Crippen LogP contribution in [0.15, 0.2) is 42.5 Å². The van der Waals surface area contributed by atoms with E-state index in [4.69, 9.17) is 39.5 Å². The molecular formula is C19H19Cl3N2O3. The standard InChI is InChI=1S/C19H19Cl3N2O3/c1-19(2,27-13-9-7-12(20)8-10-13)18(26)24(3)11-16(25)23-17-14(21)5-4-6-15(17)22/h4-10H,11H2,1-3H3,(H,23,25). The number of carbonyl (C=O) groups excluding carboxylic acids is 2. The van der Waals surface area contributed by atoms with E-state index in [1.807, 2.05) is 0 Å². The molecule has 2 rings (SSSR count). The van der Waals surface area contributed by atoms with Gasteiger partial charge in [-0.25, -0.2) is 0 Å². The van der Waals surface area contributed by atoms with E-state index < -0.39 is 11.5 Å². The summed E-state index contributed by atoms with van der Waals surface area (Å²) in [7, 11) is 1.52. The number of nitrogens with one attached hydrogen (secondary N) is 1. The summed E-state index contributed by atoms with van der Waals surface area (Å²) in [5.74, 6) is -0.292. The highest BCUT2D eigenvalue weighted by molar-refractivity contribution is 6.39. The number of para-hydroxylation sites is 1. The summed E-state index contributed by atoms with van der Waals surface area (Å²) in [4.78, 5) is 26.3. The molecule has 0 aliphatic rings. The van der Waals surface area contributed by atoms with Gasteiger partial charge in [0.2, 0.25) is 5.91 Å². The molecule has 0 saturated heterocycles. The molecule has 0 bridgehead atoms. The Kier molecular flexibility index (Phi) is 6.98. The van der Waals surface area contributed by atoms with Gasteiger partial charge in [0, 0.05) is 12.1 Å². The fraction of sp³-hybridized carbons (Fsp3) is 0.263. The van der Waals surface area contributed by atoms with Gasteiger partial charge in [0.25, 0.3) is 5.91 Å². The number of nitrogens with zero attached hydrogens (tertiary/aromatic N) is 1. The lowest BCUT2D eigenvalue weighted by Crippen LogP contribution is -2.49. The van der Waals surface area contributed by atoms with Crippen molar-refractivity contribution in [3.05, 3.63) is 57.5 Å². The molecule has 2 amide bonds. The molecular weight excluding hydrogens is 411 g/mol. The van der Waals surface area contributed by atoms with Crippen molar-refractivity contribution in [2.24, 2.45) is 0 Å². The van der Waals surface area contributed by atoms with Gasteiger partial charge in [-0.1, -0.05) is 40.9 Å². The molecule has 0 aliphatic heterocycles. The van der Waals surface area contributed by atoms with Crippen LogP contribution in [-0.2, 0) is 9.59 Å². The number of amides is 2. The Labute approximate surface area is 173 Å². The van der Waals surface area contributed by atoms with Gasteiger partial charge < -0.3 is 15.0 Å². The van der Waals surface area contributed by atoms with Gasteiger partial charge in [-0.3, -0.25) is 9.59 Å². The summed E-state index contributed by atoms with van der Waals surface area (Å²) in [5, 5.41) is 3.82. The summed E-state index contributed by atoms with van der Waals surface area (Å²) in [6.07, 6.45) is 0. The minimum absolute atomic E-state index is 0.187. The largest absolute Gasteiger partial charge is 0.478 e. The average molecular weight is 430 g/mol. The summed E-state index contributed by atoms with van der Waals surface area (Å²) in [6, 6.07) is 11.6. The molecule has 0 fully saturated rings. The topological polar surface area (TPSA) is 58.6 Å². The smallest absolute Gasteiger partial charge is 0.266 e. The van der Waals surface area contributed by atoms with Crippen LogP contribution in [0.3, 0.4) is 0 Å². The third kappa shape index (κ3) is 5.76. The molecule has 8 heteroatoms. The van der Waals surface area contributed by atoms with E-state index in [2.05, 4.69) is 5.32 Å². The lowest BCUT2D eigenvalue weighted by atomic mass is 10.1. The van der Waals surface area contributed by atoms with Crippen molar-refractivity contribution in [1.82, 2.24) is 4.90 Å². The Morgan fingerprint density at radius 1 is 1.04 bits per heavy atom. The molecule has 1 N–H and O–H groups in total. The minimum atomic E-state index is -1.18. The van der Waals surface area contributed by atoms with E-state index in [0.29, 0.717) is 26.5 Å². The van der Waals surface area contributed by atoms with E-state index in [0.717, 1.165) is 0 Å². The number of ether oxygens (including phenoxy) is 1. The second-order valence-electron chi connectivity index (χ2n) is 6.37. The Balaban J connectivity index is 2.01. The number of halogens is 3. The van der Waals surface area contributed by atoms with Crippen molar-refractivity contribution in [1.29, 1.82) is 0 Å². The van der Waals surface area contributed by atoms with Gasteiger partial charge in [-0.05, 0) is 50.2 Å². The van der Waals surface area contributed by atoms with E-state index in [1.165, 1.54) is 11.9 Å². The first-order valence-corrected chi connectivity index (χ1v) is 9.17. The molecule has 0 aromatic heterocycles. The maximum atomic E-state index is 12.7. The van der Waals surface area contributed by atoms with Crippen molar-refractivity contribution in [3.8, 4) is 5.75 Å². The normalized spacial score (nSPS) is 11.0. The first-order valence-electron chi connectivity index (χ1n) is 8.04. The molecule has 0 atom stereocenters. The maximum Gasteiger partial charge on any atom is 0.266 e. The Bertz CT molecular complexity index is 818. The molecule has 0 spiro atoms. The summed E-state index contributed by atoms with van der Waals surface area (Å²) >= 11 is 17.9. The molecule has 0 aliphatic carbocycles. The first kappa shape index (κ1) is 21.4. The van der Waals surface area contributed by atoms with Crippen LogP contribution < -0.4 is 10.1 Å². The van der Waals surface area contributed by atoms with Gasteiger partial charge in [0.05, 0.1) is 22.3 Å². The average Bonchev–Trinajstić information content (AvgIpc) is 2.59. The number of hydrogen-bond acceptors (Lipinski definition) is 3. The van der Waals surface area contributed by atoms with Crippen molar-refractivity contribution in [2.45, 2.75) is 19.4 Å². The van der Waals surface area contributed by atoms with E-state index in [9.17, 15) is 9.59 Å². The number of rotatable bonds is 6. The quantitative estimate of drug-likeness (QED) is 0.710. The lowest BCUT2D eigenvalue weighted by Gasteiger charge is -2.30. The van der Waals surface area contributed by atoms with Crippen molar-refractivity contribution in [3.63, 3.8) is 0 Å². The Morgan fingerprint density at radius 3 is 2.15 bits per heavy atom. The minimum Gasteiger partial charge on any atom is -0.478 e.